The molecule has 0 aliphatic carbocycles. The first-order valence-corrected chi connectivity index (χ1v) is 7.76. The molecule has 1 aromatic heterocycles. The third-order valence-electron chi connectivity index (χ3n) is 3.70. The number of para-hydroxylation sites is 1. The third kappa shape index (κ3) is 4.56. The summed E-state index contributed by atoms with van der Waals surface area (Å²) in [4.78, 5) is 12.1. The number of amides is 2. The number of hydrogen-bond donors (Lipinski definition) is 3. The Bertz CT molecular complexity index is 664. The zero-order valence-corrected chi connectivity index (χ0v) is 13.8. The lowest BCUT2D eigenvalue weighted by molar-refractivity contribution is 0.0599. The number of carbonyl (C=O) groups is 1. The molecule has 1 aromatic carbocycles. The number of anilines is 1. The molecule has 1 atom stereocenters. The van der Waals surface area contributed by atoms with Crippen LogP contribution in [0.1, 0.15) is 31.4 Å². The van der Waals surface area contributed by atoms with Crippen LogP contribution in [-0.2, 0) is 19.1 Å². The Morgan fingerprint density at radius 1 is 1.39 bits per heavy atom. The molecule has 2 rings (SSSR count). The standard InChI is InChI=1S/C17H24N4O2/c1-4-7-13-8-5-6-9-15(13)20-16(22)18-12-17(2,23)14-10-19-21(3)11-14/h5-6,8-11,23H,4,7,12H2,1-3H3,(H2,18,20,22). The number of nitrogens with one attached hydrogen (secondary N) is 2. The average molecular weight is 316 g/mol. The molecule has 0 spiro atoms. The number of carbonyl (C=O) groups excluding carboxylic acids is 1. The average Bonchev–Trinajstić information content (AvgIpc) is 2.95. The van der Waals surface area contributed by atoms with E-state index in [0.29, 0.717) is 5.56 Å². The highest BCUT2D eigenvalue weighted by Crippen LogP contribution is 2.19. The second-order valence-corrected chi connectivity index (χ2v) is 5.89. The van der Waals surface area contributed by atoms with Gasteiger partial charge in [0.15, 0.2) is 0 Å². The Hall–Kier alpha value is -2.34. The zero-order chi connectivity index (χ0) is 16.9. The van der Waals surface area contributed by atoms with Gasteiger partial charge in [-0.15, -0.1) is 0 Å². The maximum atomic E-state index is 12.1. The van der Waals surface area contributed by atoms with E-state index in [4.69, 9.17) is 0 Å². The van der Waals surface area contributed by atoms with Crippen molar-refractivity contribution in [3.05, 3.63) is 47.8 Å². The maximum absolute atomic E-state index is 12.1. The lowest BCUT2D eigenvalue weighted by Crippen LogP contribution is -2.40. The minimum absolute atomic E-state index is 0.0977. The molecule has 3 N–H and O–H groups in total. The van der Waals surface area contributed by atoms with Crippen molar-refractivity contribution >= 4 is 11.7 Å². The number of benzene rings is 1. The molecule has 0 aliphatic heterocycles. The van der Waals surface area contributed by atoms with E-state index in [0.717, 1.165) is 24.1 Å². The normalized spacial score (nSPS) is 13.4. The van der Waals surface area contributed by atoms with Crippen molar-refractivity contribution in [3.63, 3.8) is 0 Å². The second kappa shape index (κ2) is 7.28. The highest BCUT2D eigenvalue weighted by molar-refractivity contribution is 5.90. The Labute approximate surface area is 136 Å². The van der Waals surface area contributed by atoms with Gasteiger partial charge >= 0.3 is 6.03 Å². The maximum Gasteiger partial charge on any atom is 0.319 e. The van der Waals surface area contributed by atoms with E-state index >= 15 is 0 Å². The van der Waals surface area contributed by atoms with Crippen LogP contribution in [0.2, 0.25) is 0 Å². The number of aryl methyl sites for hydroxylation is 2. The quantitative estimate of drug-likeness (QED) is 0.765. The first kappa shape index (κ1) is 17.0. The predicted molar refractivity (Wildman–Crippen MR) is 90.2 cm³/mol. The smallest absolute Gasteiger partial charge is 0.319 e. The van der Waals surface area contributed by atoms with Crippen molar-refractivity contribution in [1.29, 1.82) is 0 Å². The molecule has 23 heavy (non-hydrogen) atoms. The Morgan fingerprint density at radius 3 is 2.78 bits per heavy atom. The van der Waals surface area contributed by atoms with Gasteiger partial charge < -0.3 is 15.7 Å². The van der Waals surface area contributed by atoms with E-state index in [-0.39, 0.29) is 12.6 Å². The zero-order valence-electron chi connectivity index (χ0n) is 13.8. The fourth-order valence-electron chi connectivity index (χ4n) is 2.35. The number of aromatic nitrogens is 2. The molecular weight excluding hydrogens is 292 g/mol. The molecule has 0 saturated heterocycles. The molecule has 1 heterocycles. The van der Waals surface area contributed by atoms with Crippen LogP contribution in [-0.4, -0.2) is 27.5 Å². The van der Waals surface area contributed by atoms with Crippen LogP contribution in [0.5, 0.6) is 0 Å². The van der Waals surface area contributed by atoms with Crippen LogP contribution in [0.4, 0.5) is 10.5 Å². The molecule has 1 unspecified atom stereocenters. The summed E-state index contributed by atoms with van der Waals surface area (Å²) in [5.41, 5.74) is 1.39. The van der Waals surface area contributed by atoms with Gasteiger partial charge in [-0.05, 0) is 25.0 Å². The molecule has 0 saturated carbocycles. The van der Waals surface area contributed by atoms with Crippen LogP contribution < -0.4 is 10.6 Å². The number of hydrogen-bond acceptors (Lipinski definition) is 3. The van der Waals surface area contributed by atoms with E-state index in [1.165, 1.54) is 0 Å². The highest BCUT2D eigenvalue weighted by Gasteiger charge is 2.25. The van der Waals surface area contributed by atoms with Crippen LogP contribution in [0.3, 0.4) is 0 Å². The summed E-state index contributed by atoms with van der Waals surface area (Å²) >= 11 is 0. The molecule has 0 bridgehead atoms. The summed E-state index contributed by atoms with van der Waals surface area (Å²) in [5.74, 6) is 0. The van der Waals surface area contributed by atoms with Gasteiger partial charge in [-0.3, -0.25) is 4.68 Å². The lowest BCUT2D eigenvalue weighted by Gasteiger charge is -2.22. The van der Waals surface area contributed by atoms with Gasteiger partial charge in [-0.25, -0.2) is 4.79 Å². The summed E-state index contributed by atoms with van der Waals surface area (Å²) in [5, 5.41) is 20.0. The van der Waals surface area contributed by atoms with E-state index in [1.54, 1.807) is 31.0 Å². The van der Waals surface area contributed by atoms with Crippen molar-refractivity contribution < 1.29 is 9.90 Å². The molecule has 6 nitrogen and oxygen atoms in total. The van der Waals surface area contributed by atoms with Gasteiger partial charge in [-0.2, -0.15) is 5.10 Å². The minimum Gasteiger partial charge on any atom is -0.383 e. The molecule has 0 radical (unpaired) electrons. The van der Waals surface area contributed by atoms with Gasteiger partial charge in [0.1, 0.15) is 5.60 Å². The van der Waals surface area contributed by atoms with Gasteiger partial charge in [0, 0.05) is 24.5 Å². The fraction of sp³-hybridized carbons (Fsp3) is 0.412. The highest BCUT2D eigenvalue weighted by atomic mass is 16.3. The number of rotatable bonds is 6. The van der Waals surface area contributed by atoms with Crippen molar-refractivity contribution in [1.82, 2.24) is 15.1 Å². The first-order valence-electron chi connectivity index (χ1n) is 7.76. The Kier molecular flexibility index (Phi) is 5.39. The van der Waals surface area contributed by atoms with Crippen LogP contribution >= 0.6 is 0 Å². The van der Waals surface area contributed by atoms with E-state index < -0.39 is 5.60 Å². The third-order valence-corrected chi connectivity index (χ3v) is 3.70. The number of urea groups is 1. The van der Waals surface area contributed by atoms with Gasteiger partial charge in [0.2, 0.25) is 0 Å². The summed E-state index contributed by atoms with van der Waals surface area (Å²) in [6.07, 6.45) is 5.24. The summed E-state index contributed by atoms with van der Waals surface area (Å²) in [6.45, 7) is 3.84. The van der Waals surface area contributed by atoms with Gasteiger partial charge in [-0.1, -0.05) is 31.5 Å². The van der Waals surface area contributed by atoms with E-state index in [2.05, 4.69) is 22.7 Å². The molecular formula is C17H24N4O2. The van der Waals surface area contributed by atoms with E-state index in [9.17, 15) is 9.90 Å². The lowest BCUT2D eigenvalue weighted by atomic mass is 10.00. The van der Waals surface area contributed by atoms with Crippen molar-refractivity contribution in [2.24, 2.45) is 7.05 Å². The van der Waals surface area contributed by atoms with Gasteiger partial charge in [0.05, 0.1) is 12.7 Å². The molecule has 0 fully saturated rings. The summed E-state index contributed by atoms with van der Waals surface area (Å²) in [7, 11) is 1.78. The molecule has 0 aliphatic rings. The summed E-state index contributed by atoms with van der Waals surface area (Å²) in [6, 6.07) is 7.40. The number of nitrogens with zero attached hydrogens (tertiary/aromatic N) is 2. The Morgan fingerprint density at radius 2 is 2.13 bits per heavy atom. The van der Waals surface area contributed by atoms with Crippen molar-refractivity contribution in [2.75, 3.05) is 11.9 Å². The SMILES string of the molecule is CCCc1ccccc1NC(=O)NCC(C)(O)c1cnn(C)c1. The Balaban J connectivity index is 1.95. The largest absolute Gasteiger partial charge is 0.383 e. The fourth-order valence-corrected chi connectivity index (χ4v) is 2.35. The number of aliphatic hydroxyl groups is 1. The van der Waals surface area contributed by atoms with Crippen molar-refractivity contribution in [3.8, 4) is 0 Å². The molecule has 6 heteroatoms. The minimum atomic E-state index is -1.17. The summed E-state index contributed by atoms with van der Waals surface area (Å²) < 4.78 is 1.62. The topological polar surface area (TPSA) is 79.2 Å². The molecule has 2 amide bonds. The monoisotopic (exact) mass is 316 g/mol. The first-order chi connectivity index (χ1) is 10.9. The van der Waals surface area contributed by atoms with Gasteiger partial charge in [0.25, 0.3) is 0 Å². The molecule has 124 valence electrons. The van der Waals surface area contributed by atoms with Crippen LogP contribution in [0.25, 0.3) is 0 Å². The molecule has 2 aromatic rings. The van der Waals surface area contributed by atoms with E-state index in [1.807, 2.05) is 24.3 Å². The van der Waals surface area contributed by atoms with Crippen molar-refractivity contribution in [2.45, 2.75) is 32.3 Å². The van der Waals surface area contributed by atoms with Crippen LogP contribution in [0, 0.1) is 0 Å². The second-order valence-electron chi connectivity index (χ2n) is 5.89. The predicted octanol–water partition coefficient (Wildman–Crippen LogP) is 2.40. The van der Waals surface area contributed by atoms with Crippen LogP contribution in [0.15, 0.2) is 36.7 Å².